The third-order valence-electron chi connectivity index (χ3n) is 3.75. The first-order valence-corrected chi connectivity index (χ1v) is 6.43. The lowest BCUT2D eigenvalue weighted by Crippen LogP contribution is -2.12. The molecule has 2 nitrogen and oxygen atoms in total. The van der Waals surface area contributed by atoms with Gasteiger partial charge in [-0.3, -0.25) is 9.78 Å². The molecule has 96 valence electrons. The lowest BCUT2D eigenvalue weighted by Gasteiger charge is -2.19. The molecule has 0 radical (unpaired) electrons. The third-order valence-corrected chi connectivity index (χ3v) is 3.75. The molecule has 0 aliphatic heterocycles. The average molecular weight is 255 g/mol. The molecule has 0 bridgehead atoms. The van der Waals surface area contributed by atoms with Gasteiger partial charge in [-0.1, -0.05) is 12.1 Å². The van der Waals surface area contributed by atoms with Crippen molar-refractivity contribution >= 4 is 5.78 Å². The summed E-state index contributed by atoms with van der Waals surface area (Å²) in [6.07, 6.45) is 5.30. The van der Waals surface area contributed by atoms with E-state index >= 15 is 0 Å². The van der Waals surface area contributed by atoms with Gasteiger partial charge in [0.2, 0.25) is 0 Å². The van der Waals surface area contributed by atoms with Gasteiger partial charge in [-0.25, -0.2) is 4.39 Å². The first-order chi connectivity index (χ1) is 9.16. The van der Waals surface area contributed by atoms with Crippen LogP contribution in [0.4, 0.5) is 4.39 Å². The predicted molar refractivity (Wildman–Crippen MR) is 71.6 cm³/mol. The zero-order valence-corrected chi connectivity index (χ0v) is 10.7. The maximum Gasteiger partial charge on any atom is 0.163 e. The molecule has 0 saturated heterocycles. The molecule has 3 rings (SSSR count). The molecule has 19 heavy (non-hydrogen) atoms. The maximum atomic E-state index is 13.3. The number of carbonyl (C=O) groups excluding carboxylic acids is 1. The van der Waals surface area contributed by atoms with Crippen LogP contribution >= 0.6 is 0 Å². The number of aromatic nitrogens is 1. The predicted octanol–water partition coefficient (Wildman–Crippen LogP) is 3.72. The molecule has 1 aliphatic carbocycles. The van der Waals surface area contributed by atoms with E-state index in [1.807, 2.05) is 19.1 Å². The lowest BCUT2D eigenvalue weighted by molar-refractivity contribution is 0.0972. The standard InChI is InChI=1S/C16H14FNO/c1-10-13(11-7-12(17)9-18-8-11)5-6-15-14(10)3-2-4-16(15)19/h5-9H,2-4H2,1H3. The smallest absolute Gasteiger partial charge is 0.163 e. The van der Waals surface area contributed by atoms with Crippen LogP contribution in [-0.2, 0) is 6.42 Å². The third kappa shape index (κ3) is 2.05. The molecular formula is C16H14FNO. The van der Waals surface area contributed by atoms with Crippen molar-refractivity contribution in [3.63, 3.8) is 0 Å². The van der Waals surface area contributed by atoms with E-state index in [1.54, 1.807) is 6.20 Å². The summed E-state index contributed by atoms with van der Waals surface area (Å²) in [7, 11) is 0. The minimum atomic E-state index is -0.342. The van der Waals surface area contributed by atoms with Gasteiger partial charge in [-0.2, -0.15) is 0 Å². The van der Waals surface area contributed by atoms with E-state index in [9.17, 15) is 9.18 Å². The summed E-state index contributed by atoms with van der Waals surface area (Å²) in [5.41, 5.74) is 4.73. The second-order valence-electron chi connectivity index (χ2n) is 4.93. The number of carbonyl (C=O) groups is 1. The number of nitrogens with zero attached hydrogens (tertiary/aromatic N) is 1. The van der Waals surface area contributed by atoms with Crippen LogP contribution in [-0.4, -0.2) is 10.8 Å². The topological polar surface area (TPSA) is 30.0 Å². The minimum absolute atomic E-state index is 0.216. The van der Waals surface area contributed by atoms with Crippen molar-refractivity contribution in [2.24, 2.45) is 0 Å². The lowest BCUT2D eigenvalue weighted by atomic mass is 9.84. The van der Waals surface area contributed by atoms with Gasteiger partial charge in [0.15, 0.2) is 5.78 Å². The Kier molecular flexibility index (Phi) is 2.90. The average Bonchev–Trinajstić information content (AvgIpc) is 2.40. The first-order valence-electron chi connectivity index (χ1n) is 6.43. The van der Waals surface area contributed by atoms with E-state index in [0.29, 0.717) is 6.42 Å². The Morgan fingerprint density at radius 2 is 1.95 bits per heavy atom. The second-order valence-corrected chi connectivity index (χ2v) is 4.93. The highest BCUT2D eigenvalue weighted by Crippen LogP contribution is 2.31. The normalized spacial score (nSPS) is 14.3. The summed E-state index contributed by atoms with van der Waals surface area (Å²) in [5.74, 6) is -0.126. The Bertz CT molecular complexity index is 664. The van der Waals surface area contributed by atoms with Gasteiger partial charge in [0, 0.05) is 23.7 Å². The van der Waals surface area contributed by atoms with Crippen LogP contribution in [0.2, 0.25) is 0 Å². The summed E-state index contributed by atoms with van der Waals surface area (Å²) in [6, 6.07) is 5.24. The number of hydrogen-bond acceptors (Lipinski definition) is 2. The number of rotatable bonds is 1. The van der Waals surface area contributed by atoms with Crippen LogP contribution in [0.15, 0.2) is 30.6 Å². The van der Waals surface area contributed by atoms with Gasteiger partial charge >= 0.3 is 0 Å². The van der Waals surface area contributed by atoms with E-state index in [0.717, 1.165) is 40.7 Å². The van der Waals surface area contributed by atoms with Crippen molar-refractivity contribution in [1.82, 2.24) is 4.98 Å². The molecular weight excluding hydrogens is 241 g/mol. The van der Waals surface area contributed by atoms with Crippen molar-refractivity contribution in [3.8, 4) is 11.1 Å². The molecule has 0 atom stereocenters. The van der Waals surface area contributed by atoms with Gasteiger partial charge < -0.3 is 0 Å². The summed E-state index contributed by atoms with van der Waals surface area (Å²) in [4.78, 5) is 15.8. The molecule has 0 saturated carbocycles. The molecule has 0 fully saturated rings. The highest BCUT2D eigenvalue weighted by molar-refractivity contribution is 5.99. The number of ketones is 1. The van der Waals surface area contributed by atoms with Crippen LogP contribution in [0.3, 0.4) is 0 Å². The molecule has 1 aromatic carbocycles. The Balaban J connectivity index is 2.17. The molecule has 0 unspecified atom stereocenters. The van der Waals surface area contributed by atoms with E-state index in [2.05, 4.69) is 4.98 Å². The van der Waals surface area contributed by atoms with Gasteiger partial charge in [0.05, 0.1) is 6.20 Å². The van der Waals surface area contributed by atoms with Gasteiger partial charge in [-0.15, -0.1) is 0 Å². The fourth-order valence-corrected chi connectivity index (χ4v) is 2.77. The molecule has 1 heterocycles. The molecule has 0 N–H and O–H groups in total. The molecule has 1 aromatic heterocycles. The first kappa shape index (κ1) is 12.0. The molecule has 0 spiro atoms. The second kappa shape index (κ2) is 4.57. The highest BCUT2D eigenvalue weighted by Gasteiger charge is 2.20. The van der Waals surface area contributed by atoms with Gasteiger partial charge in [0.1, 0.15) is 5.82 Å². The number of pyridine rings is 1. The summed E-state index contributed by atoms with van der Waals surface area (Å²) in [6.45, 7) is 2.00. The quantitative estimate of drug-likeness (QED) is 0.777. The minimum Gasteiger partial charge on any atom is -0.294 e. The highest BCUT2D eigenvalue weighted by atomic mass is 19.1. The summed E-state index contributed by atoms with van der Waals surface area (Å²) < 4.78 is 13.3. The van der Waals surface area contributed by atoms with Gasteiger partial charge in [-0.05, 0) is 42.5 Å². The largest absolute Gasteiger partial charge is 0.294 e. The molecule has 2 aromatic rings. The summed E-state index contributed by atoms with van der Waals surface area (Å²) in [5, 5.41) is 0. The summed E-state index contributed by atoms with van der Waals surface area (Å²) >= 11 is 0. The molecule has 3 heteroatoms. The van der Waals surface area contributed by atoms with E-state index < -0.39 is 0 Å². The van der Waals surface area contributed by atoms with Crippen LogP contribution in [0.5, 0.6) is 0 Å². The van der Waals surface area contributed by atoms with Crippen LogP contribution < -0.4 is 0 Å². The Morgan fingerprint density at radius 1 is 1.16 bits per heavy atom. The Hall–Kier alpha value is -2.03. The van der Waals surface area contributed by atoms with Crippen molar-refractivity contribution in [1.29, 1.82) is 0 Å². The van der Waals surface area contributed by atoms with Crippen LogP contribution in [0.1, 0.15) is 34.3 Å². The Morgan fingerprint density at radius 3 is 2.74 bits per heavy atom. The van der Waals surface area contributed by atoms with Crippen molar-refractivity contribution in [3.05, 3.63) is 53.1 Å². The Labute approximate surface area is 111 Å². The van der Waals surface area contributed by atoms with Crippen molar-refractivity contribution in [2.45, 2.75) is 26.2 Å². The zero-order valence-electron chi connectivity index (χ0n) is 10.7. The number of hydrogen-bond donors (Lipinski definition) is 0. The number of halogens is 1. The monoisotopic (exact) mass is 255 g/mol. The van der Waals surface area contributed by atoms with E-state index in [1.165, 1.54) is 12.3 Å². The number of fused-ring (bicyclic) bond motifs is 1. The molecule has 0 amide bonds. The van der Waals surface area contributed by atoms with Crippen LogP contribution in [0, 0.1) is 12.7 Å². The van der Waals surface area contributed by atoms with E-state index in [4.69, 9.17) is 0 Å². The van der Waals surface area contributed by atoms with Crippen molar-refractivity contribution < 1.29 is 9.18 Å². The fourth-order valence-electron chi connectivity index (χ4n) is 2.77. The number of Topliss-reactive ketones (excluding diaryl/α,β-unsaturated/α-hetero) is 1. The van der Waals surface area contributed by atoms with E-state index in [-0.39, 0.29) is 11.6 Å². The fraction of sp³-hybridized carbons (Fsp3) is 0.250. The maximum absolute atomic E-state index is 13.3. The van der Waals surface area contributed by atoms with Crippen molar-refractivity contribution in [2.75, 3.05) is 0 Å². The SMILES string of the molecule is Cc1c(-c2cncc(F)c2)ccc2c1CCCC2=O. The van der Waals surface area contributed by atoms with Gasteiger partial charge in [0.25, 0.3) is 0 Å². The zero-order chi connectivity index (χ0) is 13.4. The van der Waals surface area contributed by atoms with Crippen LogP contribution in [0.25, 0.3) is 11.1 Å². The molecule has 1 aliphatic rings. The number of benzene rings is 1.